The molecule has 0 aliphatic rings. The second kappa shape index (κ2) is 3.31. The number of pyridine rings is 1. The quantitative estimate of drug-likeness (QED) is 0.654. The van der Waals surface area contributed by atoms with E-state index in [-0.39, 0.29) is 5.56 Å². The van der Waals surface area contributed by atoms with Crippen molar-refractivity contribution in [3.05, 3.63) is 40.1 Å². The molecule has 0 aliphatic carbocycles. The van der Waals surface area contributed by atoms with Crippen LogP contribution in [0.1, 0.15) is 11.3 Å². The molecule has 0 saturated carbocycles. The van der Waals surface area contributed by atoms with Crippen molar-refractivity contribution < 1.29 is 0 Å². The van der Waals surface area contributed by atoms with Crippen LogP contribution in [0.2, 0.25) is 0 Å². The fourth-order valence-electron chi connectivity index (χ4n) is 1.73. The average Bonchev–Trinajstić information content (AvgIpc) is 2.86. The first kappa shape index (κ1) is 9.83. The summed E-state index contributed by atoms with van der Waals surface area (Å²) >= 11 is 0. The van der Waals surface area contributed by atoms with Crippen molar-refractivity contribution in [2.45, 2.75) is 13.8 Å². The lowest BCUT2D eigenvalue weighted by atomic mass is 10.3. The van der Waals surface area contributed by atoms with Gasteiger partial charge in [-0.15, -0.1) is 0 Å². The highest BCUT2D eigenvalue weighted by atomic mass is 16.1. The third kappa shape index (κ3) is 1.37. The molecule has 0 unspecified atom stereocenters. The van der Waals surface area contributed by atoms with Gasteiger partial charge in [-0.25, -0.2) is 4.98 Å². The van der Waals surface area contributed by atoms with E-state index in [1.165, 1.54) is 4.68 Å². The van der Waals surface area contributed by atoms with Gasteiger partial charge >= 0.3 is 0 Å². The van der Waals surface area contributed by atoms with Crippen LogP contribution >= 0.6 is 0 Å². The van der Waals surface area contributed by atoms with Crippen LogP contribution < -0.4 is 5.56 Å². The van der Waals surface area contributed by atoms with Crippen molar-refractivity contribution in [1.82, 2.24) is 24.7 Å². The maximum Gasteiger partial charge on any atom is 0.276 e. The highest BCUT2D eigenvalue weighted by Gasteiger charge is 2.11. The Labute approximate surface area is 96.3 Å². The predicted molar refractivity (Wildman–Crippen MR) is 63.3 cm³/mol. The maximum atomic E-state index is 11.9. The molecule has 3 rings (SSSR count). The molecule has 17 heavy (non-hydrogen) atoms. The highest BCUT2D eigenvalue weighted by Crippen LogP contribution is 2.11. The van der Waals surface area contributed by atoms with Crippen LogP contribution in [-0.2, 0) is 0 Å². The number of aromatic nitrogens is 5. The third-order valence-corrected chi connectivity index (χ3v) is 2.85. The predicted octanol–water partition coefficient (Wildman–Crippen LogP) is 1.05. The summed E-state index contributed by atoms with van der Waals surface area (Å²) in [7, 11) is 0. The molecule has 0 amide bonds. The van der Waals surface area contributed by atoms with E-state index in [2.05, 4.69) is 20.1 Å². The minimum absolute atomic E-state index is 0.0884. The lowest BCUT2D eigenvalue weighted by molar-refractivity contribution is 0.790. The Kier molecular flexibility index (Phi) is 1.91. The van der Waals surface area contributed by atoms with Crippen LogP contribution in [0, 0.1) is 13.8 Å². The number of hydrogen-bond acceptors (Lipinski definition) is 3. The van der Waals surface area contributed by atoms with Crippen LogP contribution in [0.3, 0.4) is 0 Å². The van der Waals surface area contributed by atoms with Crippen LogP contribution in [0.5, 0.6) is 0 Å². The summed E-state index contributed by atoms with van der Waals surface area (Å²) in [6.45, 7) is 3.65. The molecule has 0 spiro atoms. The molecule has 86 valence electrons. The van der Waals surface area contributed by atoms with Crippen molar-refractivity contribution >= 4 is 11.0 Å². The fraction of sp³-hybridized carbons (Fsp3) is 0.182. The van der Waals surface area contributed by atoms with Crippen molar-refractivity contribution in [2.24, 2.45) is 0 Å². The van der Waals surface area contributed by atoms with Crippen molar-refractivity contribution in [2.75, 3.05) is 0 Å². The van der Waals surface area contributed by atoms with E-state index in [9.17, 15) is 4.79 Å². The molecular formula is C11H11N5O. The summed E-state index contributed by atoms with van der Waals surface area (Å²) in [4.78, 5) is 23.3. The lowest BCUT2D eigenvalue weighted by Gasteiger charge is -1.93. The normalized spacial score (nSPS) is 11.2. The van der Waals surface area contributed by atoms with Gasteiger partial charge in [0.15, 0.2) is 0 Å². The molecule has 0 saturated heterocycles. The van der Waals surface area contributed by atoms with Crippen molar-refractivity contribution in [3.63, 3.8) is 0 Å². The lowest BCUT2D eigenvalue weighted by Crippen LogP contribution is -2.16. The number of aromatic amines is 2. The van der Waals surface area contributed by atoms with Crippen molar-refractivity contribution in [1.29, 1.82) is 0 Å². The van der Waals surface area contributed by atoms with Gasteiger partial charge in [-0.05, 0) is 19.9 Å². The molecule has 3 heterocycles. The van der Waals surface area contributed by atoms with Gasteiger partial charge in [0.25, 0.3) is 5.56 Å². The van der Waals surface area contributed by atoms with Crippen LogP contribution in [0.25, 0.3) is 17.0 Å². The number of fused-ring (bicyclic) bond motifs is 1. The number of H-pyrrole nitrogens is 2. The topological polar surface area (TPSA) is 79.4 Å². The van der Waals surface area contributed by atoms with E-state index in [0.717, 1.165) is 16.7 Å². The molecule has 3 aromatic rings. The van der Waals surface area contributed by atoms with Gasteiger partial charge in [-0.2, -0.15) is 4.68 Å². The molecule has 0 atom stereocenters. The van der Waals surface area contributed by atoms with E-state index < -0.39 is 0 Å². The first-order valence-corrected chi connectivity index (χ1v) is 5.25. The Balaban J connectivity index is 2.27. The zero-order valence-corrected chi connectivity index (χ0v) is 9.48. The second-order valence-electron chi connectivity index (χ2n) is 3.96. The third-order valence-electron chi connectivity index (χ3n) is 2.85. The number of aryl methyl sites for hydroxylation is 1. The van der Waals surface area contributed by atoms with Crippen LogP contribution in [0.4, 0.5) is 0 Å². The summed E-state index contributed by atoms with van der Waals surface area (Å²) in [6, 6.07) is 1.79. The van der Waals surface area contributed by atoms with Gasteiger partial charge in [-0.3, -0.25) is 14.9 Å². The SMILES string of the molecule is Cc1[nH]n(-c2nc3ccncc3[nH]2)c(=O)c1C. The van der Waals surface area contributed by atoms with Crippen LogP contribution in [0.15, 0.2) is 23.3 Å². The Morgan fingerprint density at radius 2 is 2.18 bits per heavy atom. The first-order chi connectivity index (χ1) is 8.16. The number of hydrogen-bond donors (Lipinski definition) is 2. The number of imidazole rings is 1. The summed E-state index contributed by atoms with van der Waals surface area (Å²) in [5.74, 6) is 0.481. The van der Waals surface area contributed by atoms with Gasteiger partial charge in [-0.1, -0.05) is 0 Å². The fourth-order valence-corrected chi connectivity index (χ4v) is 1.73. The largest absolute Gasteiger partial charge is 0.321 e. The van der Waals surface area contributed by atoms with E-state index >= 15 is 0 Å². The van der Waals surface area contributed by atoms with Gasteiger partial charge in [0.1, 0.15) is 0 Å². The molecule has 0 aliphatic heterocycles. The smallest absolute Gasteiger partial charge is 0.276 e. The molecule has 6 heteroatoms. The summed E-state index contributed by atoms with van der Waals surface area (Å²) in [5.41, 5.74) is 3.04. The zero-order chi connectivity index (χ0) is 12.0. The molecule has 2 N–H and O–H groups in total. The standard InChI is InChI=1S/C11H11N5O/c1-6-7(2)15-16(10(6)17)11-13-8-3-4-12-5-9(8)14-11/h3-5,15H,1-2H3,(H,13,14). The Bertz CT molecular complexity index is 716. The zero-order valence-electron chi connectivity index (χ0n) is 9.48. The van der Waals surface area contributed by atoms with Crippen molar-refractivity contribution in [3.8, 4) is 5.95 Å². The second-order valence-corrected chi connectivity index (χ2v) is 3.96. The molecule has 3 aromatic heterocycles. The van der Waals surface area contributed by atoms with Gasteiger partial charge in [0.2, 0.25) is 5.95 Å². The van der Waals surface area contributed by atoms with Gasteiger partial charge < -0.3 is 4.98 Å². The van der Waals surface area contributed by atoms with Gasteiger partial charge in [0, 0.05) is 17.5 Å². The Hall–Kier alpha value is -2.37. The molecule has 6 nitrogen and oxygen atoms in total. The summed E-state index contributed by atoms with van der Waals surface area (Å²) in [6.07, 6.45) is 3.35. The molecule has 0 aromatic carbocycles. The van der Waals surface area contributed by atoms with E-state index in [1.807, 2.05) is 6.92 Å². The maximum absolute atomic E-state index is 11.9. The molecule has 0 bridgehead atoms. The minimum Gasteiger partial charge on any atom is -0.321 e. The van der Waals surface area contributed by atoms with Crippen LogP contribution in [-0.4, -0.2) is 24.7 Å². The number of nitrogens with one attached hydrogen (secondary N) is 2. The molecular weight excluding hydrogens is 218 g/mol. The Morgan fingerprint density at radius 3 is 2.82 bits per heavy atom. The minimum atomic E-state index is -0.0884. The van der Waals surface area contributed by atoms with E-state index in [1.54, 1.807) is 25.4 Å². The summed E-state index contributed by atoms with van der Waals surface area (Å²) in [5, 5.41) is 2.98. The molecule has 0 radical (unpaired) electrons. The monoisotopic (exact) mass is 229 g/mol. The highest BCUT2D eigenvalue weighted by molar-refractivity contribution is 5.74. The summed E-state index contributed by atoms with van der Waals surface area (Å²) < 4.78 is 1.41. The molecule has 0 fully saturated rings. The van der Waals surface area contributed by atoms with E-state index in [0.29, 0.717) is 11.5 Å². The average molecular weight is 229 g/mol. The Morgan fingerprint density at radius 1 is 1.35 bits per heavy atom. The number of rotatable bonds is 1. The van der Waals surface area contributed by atoms with E-state index in [4.69, 9.17) is 0 Å². The number of nitrogens with zero attached hydrogens (tertiary/aromatic N) is 3. The van der Waals surface area contributed by atoms with Gasteiger partial charge in [0.05, 0.1) is 17.2 Å². The first-order valence-electron chi connectivity index (χ1n) is 5.25.